The van der Waals surface area contributed by atoms with Crippen molar-refractivity contribution < 1.29 is 22.9 Å². The molecule has 0 aromatic carbocycles. The molecule has 0 aromatic rings. The normalized spacial score (nSPS) is 14.7. The Bertz CT molecular complexity index is 1160. The van der Waals surface area contributed by atoms with Crippen LogP contribution in [0.4, 0.5) is 0 Å². The average molecular weight is 684 g/mol. The number of hydrogen-bond acceptors (Lipinski definition) is 4. The largest absolute Gasteiger partial charge is 0.387 e. The van der Waals surface area contributed by atoms with Gasteiger partial charge in [-0.05, 0) is 89.9 Å². The van der Waals surface area contributed by atoms with Gasteiger partial charge < -0.3 is 10.4 Å². The van der Waals surface area contributed by atoms with Crippen LogP contribution in [0.1, 0.15) is 123 Å². The Balaban J connectivity index is 4.07. The van der Waals surface area contributed by atoms with Crippen LogP contribution in [0.15, 0.2) is 109 Å². The molecule has 3 N–H and O–H groups in total. The highest BCUT2D eigenvalue weighted by Gasteiger charge is 2.24. The van der Waals surface area contributed by atoms with Gasteiger partial charge in [-0.15, -0.1) is 0 Å². The highest BCUT2D eigenvalue weighted by atomic mass is 32.2. The number of hydrogen-bond donors (Lipinski definition) is 3. The van der Waals surface area contributed by atoms with E-state index in [1.165, 1.54) is 6.08 Å². The summed E-state index contributed by atoms with van der Waals surface area (Å²) < 4.78 is 32.3. The highest BCUT2D eigenvalue weighted by Crippen LogP contribution is 2.09. The van der Waals surface area contributed by atoms with Crippen LogP contribution in [-0.2, 0) is 14.9 Å². The van der Waals surface area contributed by atoms with Gasteiger partial charge in [0.25, 0.3) is 10.1 Å². The number of rotatable bonds is 30. The van der Waals surface area contributed by atoms with Crippen molar-refractivity contribution >= 4 is 16.0 Å². The van der Waals surface area contributed by atoms with Gasteiger partial charge in [-0.1, -0.05) is 136 Å². The molecular formula is C41H65NO5S. The second kappa shape index (κ2) is 33.9. The minimum atomic E-state index is -4.37. The van der Waals surface area contributed by atoms with E-state index in [4.69, 9.17) is 0 Å². The average Bonchev–Trinajstić information content (AvgIpc) is 3.05. The fraction of sp³-hybridized carbons (Fsp3) is 0.537. The van der Waals surface area contributed by atoms with E-state index in [2.05, 4.69) is 116 Å². The molecule has 0 saturated carbocycles. The van der Waals surface area contributed by atoms with E-state index in [0.717, 1.165) is 89.9 Å². The Hall–Kier alpha value is -3.00. The van der Waals surface area contributed by atoms with E-state index in [9.17, 15) is 22.9 Å². The molecule has 0 heterocycles. The van der Waals surface area contributed by atoms with Crippen molar-refractivity contribution in [2.75, 3.05) is 5.75 Å². The van der Waals surface area contributed by atoms with Crippen LogP contribution < -0.4 is 5.32 Å². The van der Waals surface area contributed by atoms with E-state index in [-0.39, 0.29) is 12.3 Å². The number of aliphatic hydroxyl groups excluding tert-OH is 1. The predicted molar refractivity (Wildman–Crippen MR) is 206 cm³/mol. The lowest BCUT2D eigenvalue weighted by Crippen LogP contribution is -2.46. The van der Waals surface area contributed by atoms with Crippen molar-refractivity contribution in [3.63, 3.8) is 0 Å². The molecule has 2 atom stereocenters. The molecule has 0 spiro atoms. The van der Waals surface area contributed by atoms with Gasteiger partial charge in [-0.2, -0.15) is 8.42 Å². The van der Waals surface area contributed by atoms with Gasteiger partial charge in [0, 0.05) is 6.42 Å². The molecule has 2 unspecified atom stereocenters. The van der Waals surface area contributed by atoms with Crippen molar-refractivity contribution in [3.8, 4) is 0 Å². The van der Waals surface area contributed by atoms with Gasteiger partial charge in [0.05, 0.1) is 17.9 Å². The summed E-state index contributed by atoms with van der Waals surface area (Å²) in [5, 5.41) is 13.1. The summed E-state index contributed by atoms with van der Waals surface area (Å²) in [4.78, 5) is 12.4. The summed E-state index contributed by atoms with van der Waals surface area (Å²) in [7, 11) is -4.37. The molecule has 0 bridgehead atoms. The summed E-state index contributed by atoms with van der Waals surface area (Å²) in [5.41, 5.74) is 0. The van der Waals surface area contributed by atoms with Crippen LogP contribution in [0.5, 0.6) is 0 Å². The third-order valence-electron chi connectivity index (χ3n) is 7.17. The summed E-state index contributed by atoms with van der Waals surface area (Å²) in [6.07, 6.45) is 52.2. The lowest BCUT2D eigenvalue weighted by molar-refractivity contribution is -0.122. The quantitative estimate of drug-likeness (QED) is 0.0397. The van der Waals surface area contributed by atoms with Crippen LogP contribution in [0.25, 0.3) is 0 Å². The van der Waals surface area contributed by atoms with Crippen LogP contribution in [-0.4, -0.2) is 41.9 Å². The number of unbranched alkanes of at least 4 members (excludes halogenated alkanes) is 6. The fourth-order valence-electron chi connectivity index (χ4n) is 4.55. The summed E-state index contributed by atoms with van der Waals surface area (Å²) in [5.74, 6) is -1.06. The maximum Gasteiger partial charge on any atom is 0.267 e. The van der Waals surface area contributed by atoms with Crippen LogP contribution in [0.3, 0.4) is 0 Å². The van der Waals surface area contributed by atoms with Gasteiger partial charge in [0.1, 0.15) is 0 Å². The number of allylic oxidation sites excluding steroid dienone is 17. The number of carbonyl (C=O) groups excluding carboxylic acids is 1. The summed E-state index contributed by atoms with van der Waals surface area (Å²) >= 11 is 0. The number of carbonyl (C=O) groups is 1. The number of aliphatic hydroxyl groups is 1. The second-order valence-electron chi connectivity index (χ2n) is 11.7. The minimum Gasteiger partial charge on any atom is -0.387 e. The van der Waals surface area contributed by atoms with Crippen molar-refractivity contribution in [3.05, 3.63) is 109 Å². The second-order valence-corrected chi connectivity index (χ2v) is 13.2. The van der Waals surface area contributed by atoms with Gasteiger partial charge in [0.15, 0.2) is 0 Å². The van der Waals surface area contributed by atoms with E-state index in [1.807, 2.05) is 0 Å². The molecule has 0 aromatic heterocycles. The highest BCUT2D eigenvalue weighted by molar-refractivity contribution is 7.85. The molecule has 6 nitrogen and oxygen atoms in total. The maximum atomic E-state index is 12.4. The lowest BCUT2D eigenvalue weighted by Gasteiger charge is -2.21. The third kappa shape index (κ3) is 34.3. The molecule has 0 rings (SSSR count). The Morgan fingerprint density at radius 2 is 0.958 bits per heavy atom. The molecule has 0 saturated heterocycles. The molecule has 1 amide bonds. The van der Waals surface area contributed by atoms with Crippen molar-refractivity contribution in [2.45, 2.75) is 135 Å². The van der Waals surface area contributed by atoms with Gasteiger partial charge in [-0.3, -0.25) is 9.35 Å². The molecule has 0 aliphatic heterocycles. The molecule has 0 fully saturated rings. The summed E-state index contributed by atoms with van der Waals surface area (Å²) in [6, 6.07) is -1.10. The first kappa shape index (κ1) is 45.0. The zero-order valence-electron chi connectivity index (χ0n) is 29.8. The number of nitrogens with one attached hydrogen (secondary N) is 1. The maximum absolute atomic E-state index is 12.4. The lowest BCUT2D eigenvalue weighted by atomic mass is 10.1. The Morgan fingerprint density at radius 1 is 0.562 bits per heavy atom. The van der Waals surface area contributed by atoms with Gasteiger partial charge in [0.2, 0.25) is 5.91 Å². The standard InChI is InChI=1S/C41H65NO5S/c1-3-5-7-9-11-13-15-16-17-18-19-20-21-22-23-24-25-26-27-29-31-33-35-37-41(44)42-39(38-48(45,46)47)40(43)36-34-32-30-28-14-12-10-8-6-4-2/h5-8,11,13-14,16-17,19-20,22-23,25-26,28,34,36,39-40,43H,3-4,9-10,12,15,18,21,24,27,29-33,35,37-38H2,1-2H3,(H,42,44)(H,45,46,47)/b7-5-,8-6+,13-11-,17-16-,20-19-,23-22-,26-25-,28-14+,36-34+. The van der Waals surface area contributed by atoms with Crippen molar-refractivity contribution in [2.24, 2.45) is 0 Å². The van der Waals surface area contributed by atoms with E-state index in [1.54, 1.807) is 6.08 Å². The number of amides is 1. The molecule has 7 heteroatoms. The van der Waals surface area contributed by atoms with Crippen LogP contribution in [0.2, 0.25) is 0 Å². The Kier molecular flexibility index (Phi) is 31.8. The molecule has 0 aliphatic rings. The topological polar surface area (TPSA) is 104 Å². The molecule has 48 heavy (non-hydrogen) atoms. The smallest absolute Gasteiger partial charge is 0.267 e. The molecule has 0 aliphatic carbocycles. The zero-order chi connectivity index (χ0) is 35.4. The van der Waals surface area contributed by atoms with Crippen LogP contribution in [0, 0.1) is 0 Å². The predicted octanol–water partition coefficient (Wildman–Crippen LogP) is 10.4. The zero-order valence-corrected chi connectivity index (χ0v) is 30.6. The van der Waals surface area contributed by atoms with Crippen LogP contribution >= 0.6 is 0 Å². The first-order chi connectivity index (χ1) is 23.3. The van der Waals surface area contributed by atoms with Crippen molar-refractivity contribution in [1.82, 2.24) is 5.32 Å². The van der Waals surface area contributed by atoms with E-state index >= 15 is 0 Å². The van der Waals surface area contributed by atoms with Gasteiger partial charge in [-0.25, -0.2) is 0 Å². The van der Waals surface area contributed by atoms with Gasteiger partial charge >= 0.3 is 0 Å². The molecule has 0 radical (unpaired) electrons. The molecular weight excluding hydrogens is 619 g/mol. The first-order valence-corrected chi connectivity index (χ1v) is 19.7. The third-order valence-corrected chi connectivity index (χ3v) is 7.95. The Morgan fingerprint density at radius 3 is 1.46 bits per heavy atom. The Labute approximate surface area is 293 Å². The van der Waals surface area contributed by atoms with Crippen molar-refractivity contribution in [1.29, 1.82) is 0 Å². The monoisotopic (exact) mass is 683 g/mol. The van der Waals surface area contributed by atoms with E-state index < -0.39 is 28.0 Å². The fourth-order valence-corrected chi connectivity index (χ4v) is 5.28. The summed E-state index contributed by atoms with van der Waals surface area (Å²) in [6.45, 7) is 4.25. The van der Waals surface area contributed by atoms with E-state index in [0.29, 0.717) is 12.8 Å². The first-order valence-electron chi connectivity index (χ1n) is 18.1. The minimum absolute atomic E-state index is 0.247. The SMILES string of the molecule is CC/C=C\C/C=C\C/C=C\C/C=C\C/C=C\C/C=C\CCCCCCC(=O)NC(CS(=O)(=O)O)C(O)/C=C/CC/C=C/CC/C=C/CC. The molecule has 270 valence electrons.